The topological polar surface area (TPSA) is 52.0 Å². The molecule has 0 aliphatic carbocycles. The van der Waals surface area contributed by atoms with E-state index in [0.29, 0.717) is 0 Å². The molecule has 2 heterocycles. The third kappa shape index (κ3) is 1.67. The fourth-order valence-corrected chi connectivity index (χ4v) is 1.24. The van der Waals surface area contributed by atoms with E-state index in [-0.39, 0.29) is 6.04 Å². The molecule has 0 aromatic carbocycles. The number of pyridine rings is 1. The Morgan fingerprint density at radius 2 is 2.14 bits per heavy atom. The lowest BCUT2D eigenvalue weighted by Crippen LogP contribution is -2.02. The van der Waals surface area contributed by atoms with Gasteiger partial charge in [-0.1, -0.05) is 6.07 Å². The first-order valence-electron chi connectivity index (χ1n) is 4.54. The highest BCUT2D eigenvalue weighted by molar-refractivity contribution is 5.51. The zero-order valence-corrected chi connectivity index (χ0v) is 7.97. The highest BCUT2D eigenvalue weighted by Gasteiger charge is 2.07. The van der Waals surface area contributed by atoms with Crippen LogP contribution < -0.4 is 5.73 Å². The summed E-state index contributed by atoms with van der Waals surface area (Å²) in [5.41, 5.74) is 6.52. The van der Waals surface area contributed by atoms with Crippen LogP contribution >= 0.6 is 0 Å². The van der Waals surface area contributed by atoms with Crippen molar-refractivity contribution in [3.8, 4) is 11.5 Å². The molecule has 1 atom stereocenters. The van der Waals surface area contributed by atoms with Gasteiger partial charge in [0.15, 0.2) is 5.76 Å². The van der Waals surface area contributed by atoms with Gasteiger partial charge in [-0.15, -0.1) is 0 Å². The average molecular weight is 188 g/mol. The van der Waals surface area contributed by atoms with Crippen LogP contribution in [0.5, 0.6) is 0 Å². The van der Waals surface area contributed by atoms with Crippen LogP contribution in [-0.4, -0.2) is 4.98 Å². The molecule has 2 aromatic rings. The second-order valence-corrected chi connectivity index (χ2v) is 3.21. The fraction of sp³-hybridized carbons (Fsp3) is 0.182. The monoisotopic (exact) mass is 188 g/mol. The molecule has 0 amide bonds. The Kier molecular flexibility index (Phi) is 2.33. The number of nitrogens with two attached hydrogens (primary N) is 1. The predicted octanol–water partition coefficient (Wildman–Crippen LogP) is 2.36. The smallest absolute Gasteiger partial charge is 0.152 e. The Morgan fingerprint density at radius 1 is 1.29 bits per heavy atom. The summed E-state index contributed by atoms with van der Waals surface area (Å²) in [5.74, 6) is 1.54. The molecule has 0 fully saturated rings. The van der Waals surface area contributed by atoms with Crippen LogP contribution in [0.15, 0.2) is 40.9 Å². The minimum Gasteiger partial charge on any atom is -0.458 e. The van der Waals surface area contributed by atoms with E-state index in [9.17, 15) is 0 Å². The third-order valence-electron chi connectivity index (χ3n) is 1.99. The molecule has 0 bridgehead atoms. The Hall–Kier alpha value is -1.61. The second kappa shape index (κ2) is 3.64. The van der Waals surface area contributed by atoms with Gasteiger partial charge in [-0.05, 0) is 31.2 Å². The molecule has 0 aliphatic rings. The lowest BCUT2D eigenvalue weighted by atomic mass is 10.2. The Balaban J connectivity index is 2.34. The van der Waals surface area contributed by atoms with Crippen LogP contribution in [0, 0.1) is 0 Å². The normalized spacial score (nSPS) is 12.7. The van der Waals surface area contributed by atoms with Gasteiger partial charge < -0.3 is 10.2 Å². The molecule has 0 aliphatic heterocycles. The first-order chi connectivity index (χ1) is 6.77. The van der Waals surface area contributed by atoms with Gasteiger partial charge in [0, 0.05) is 6.20 Å². The highest BCUT2D eigenvalue weighted by atomic mass is 16.3. The van der Waals surface area contributed by atoms with E-state index in [1.807, 2.05) is 37.3 Å². The summed E-state index contributed by atoms with van der Waals surface area (Å²) < 4.78 is 5.54. The van der Waals surface area contributed by atoms with Crippen LogP contribution in [-0.2, 0) is 0 Å². The van der Waals surface area contributed by atoms with Crippen molar-refractivity contribution in [2.45, 2.75) is 13.0 Å². The van der Waals surface area contributed by atoms with Crippen molar-refractivity contribution >= 4 is 0 Å². The van der Waals surface area contributed by atoms with Crippen LogP contribution in [0.2, 0.25) is 0 Å². The zero-order chi connectivity index (χ0) is 9.97. The lowest BCUT2D eigenvalue weighted by Gasteiger charge is -1.99. The van der Waals surface area contributed by atoms with Gasteiger partial charge >= 0.3 is 0 Å². The third-order valence-corrected chi connectivity index (χ3v) is 1.99. The Bertz CT molecular complexity index is 406. The number of hydrogen-bond acceptors (Lipinski definition) is 3. The quantitative estimate of drug-likeness (QED) is 0.787. The molecular weight excluding hydrogens is 176 g/mol. The van der Waals surface area contributed by atoms with E-state index in [1.165, 1.54) is 0 Å². The fourth-order valence-electron chi connectivity index (χ4n) is 1.24. The molecule has 72 valence electrons. The summed E-state index contributed by atoms with van der Waals surface area (Å²) in [6, 6.07) is 9.40. The largest absolute Gasteiger partial charge is 0.458 e. The van der Waals surface area contributed by atoms with Crippen LogP contribution in [0.25, 0.3) is 11.5 Å². The molecule has 2 N–H and O–H groups in total. The number of furan rings is 1. The summed E-state index contributed by atoms with van der Waals surface area (Å²) >= 11 is 0. The van der Waals surface area contributed by atoms with Gasteiger partial charge in [0.1, 0.15) is 11.5 Å². The van der Waals surface area contributed by atoms with Gasteiger partial charge in [0.2, 0.25) is 0 Å². The van der Waals surface area contributed by atoms with Crippen molar-refractivity contribution in [1.29, 1.82) is 0 Å². The number of aromatic nitrogens is 1. The van der Waals surface area contributed by atoms with Gasteiger partial charge in [0.25, 0.3) is 0 Å². The second-order valence-electron chi connectivity index (χ2n) is 3.21. The molecule has 0 saturated heterocycles. The summed E-state index contributed by atoms with van der Waals surface area (Å²) in [6.45, 7) is 1.89. The Morgan fingerprint density at radius 3 is 2.71 bits per heavy atom. The van der Waals surface area contributed by atoms with E-state index in [2.05, 4.69) is 4.98 Å². The summed E-state index contributed by atoms with van der Waals surface area (Å²) in [4.78, 5) is 4.19. The van der Waals surface area contributed by atoms with E-state index < -0.39 is 0 Å². The first kappa shape index (κ1) is 8.97. The van der Waals surface area contributed by atoms with E-state index >= 15 is 0 Å². The predicted molar refractivity (Wildman–Crippen MR) is 54.5 cm³/mol. The van der Waals surface area contributed by atoms with Crippen molar-refractivity contribution in [2.75, 3.05) is 0 Å². The van der Waals surface area contributed by atoms with Crippen molar-refractivity contribution in [3.05, 3.63) is 42.3 Å². The standard InChI is InChI=1S/C11H12N2O/c1-8(12)10-5-6-11(14-10)9-4-2-3-7-13-9/h2-8H,12H2,1H3. The molecule has 2 rings (SSSR count). The van der Waals surface area contributed by atoms with Gasteiger partial charge in [-0.3, -0.25) is 4.98 Å². The van der Waals surface area contributed by atoms with E-state index in [4.69, 9.17) is 10.2 Å². The van der Waals surface area contributed by atoms with Gasteiger partial charge in [0.05, 0.1) is 6.04 Å². The van der Waals surface area contributed by atoms with Crippen molar-refractivity contribution in [1.82, 2.24) is 4.98 Å². The molecule has 0 saturated carbocycles. The van der Waals surface area contributed by atoms with Crippen LogP contribution in [0.4, 0.5) is 0 Å². The molecule has 1 unspecified atom stereocenters. The summed E-state index contributed by atoms with van der Waals surface area (Å²) in [6.07, 6.45) is 1.74. The molecule has 14 heavy (non-hydrogen) atoms. The maximum Gasteiger partial charge on any atom is 0.152 e. The van der Waals surface area contributed by atoms with Crippen molar-refractivity contribution in [2.24, 2.45) is 5.73 Å². The van der Waals surface area contributed by atoms with Crippen molar-refractivity contribution < 1.29 is 4.42 Å². The summed E-state index contributed by atoms with van der Waals surface area (Å²) in [7, 11) is 0. The maximum absolute atomic E-state index is 5.69. The Labute approximate surface area is 82.6 Å². The zero-order valence-electron chi connectivity index (χ0n) is 7.97. The van der Waals surface area contributed by atoms with E-state index in [1.54, 1.807) is 6.20 Å². The number of nitrogens with zero attached hydrogens (tertiary/aromatic N) is 1. The SMILES string of the molecule is CC(N)c1ccc(-c2ccccn2)o1. The molecule has 3 heteroatoms. The van der Waals surface area contributed by atoms with Crippen molar-refractivity contribution in [3.63, 3.8) is 0 Å². The number of rotatable bonds is 2. The minimum atomic E-state index is -0.0764. The average Bonchev–Trinajstić information content (AvgIpc) is 2.68. The summed E-state index contributed by atoms with van der Waals surface area (Å²) in [5, 5.41) is 0. The molecule has 2 aromatic heterocycles. The van der Waals surface area contributed by atoms with E-state index in [0.717, 1.165) is 17.2 Å². The minimum absolute atomic E-state index is 0.0764. The van der Waals surface area contributed by atoms with Gasteiger partial charge in [-0.2, -0.15) is 0 Å². The first-order valence-corrected chi connectivity index (χ1v) is 4.54. The highest BCUT2D eigenvalue weighted by Crippen LogP contribution is 2.22. The maximum atomic E-state index is 5.69. The van der Waals surface area contributed by atoms with Crippen LogP contribution in [0.1, 0.15) is 18.7 Å². The molecular formula is C11H12N2O. The molecule has 0 radical (unpaired) electrons. The van der Waals surface area contributed by atoms with Gasteiger partial charge in [-0.25, -0.2) is 0 Å². The number of hydrogen-bond donors (Lipinski definition) is 1. The molecule has 0 spiro atoms. The van der Waals surface area contributed by atoms with Crippen LogP contribution in [0.3, 0.4) is 0 Å². The molecule has 3 nitrogen and oxygen atoms in total. The lowest BCUT2D eigenvalue weighted by molar-refractivity contribution is 0.490.